The minimum atomic E-state index is -4.26. The number of rotatable bonds is 12. The van der Waals surface area contributed by atoms with Crippen molar-refractivity contribution in [3.63, 3.8) is 0 Å². The Kier molecular flexibility index (Phi) is 8.85. The summed E-state index contributed by atoms with van der Waals surface area (Å²) in [5, 5.41) is 19.8. The number of hydrogen-bond acceptors (Lipinski definition) is 7. The van der Waals surface area contributed by atoms with Gasteiger partial charge in [0.15, 0.2) is 9.84 Å². The highest BCUT2D eigenvalue weighted by molar-refractivity contribution is 7.90. The minimum absolute atomic E-state index is 0.169. The van der Waals surface area contributed by atoms with Crippen LogP contribution < -0.4 is 9.46 Å². The summed E-state index contributed by atoms with van der Waals surface area (Å²) in [5.74, 6) is -1.89. The molecule has 0 aromatic heterocycles. The summed E-state index contributed by atoms with van der Waals surface area (Å²) in [6.07, 6.45) is -2.20. The number of hydrogen-bond donors (Lipinski definition) is 3. The van der Waals surface area contributed by atoms with E-state index >= 15 is 0 Å². The Balaban J connectivity index is 1.67. The van der Waals surface area contributed by atoms with Crippen LogP contribution in [0.4, 0.5) is 0 Å². The number of benzene rings is 3. The molecule has 0 amide bonds. The lowest BCUT2D eigenvalue weighted by atomic mass is 10.1. The van der Waals surface area contributed by atoms with Crippen molar-refractivity contribution in [1.82, 2.24) is 4.72 Å². The third-order valence-electron chi connectivity index (χ3n) is 5.37. The van der Waals surface area contributed by atoms with E-state index in [1.807, 2.05) is 12.1 Å². The van der Waals surface area contributed by atoms with Gasteiger partial charge in [-0.15, -0.1) is 0 Å². The number of nitrogens with one attached hydrogen (secondary N) is 1. The van der Waals surface area contributed by atoms with E-state index in [-0.39, 0.29) is 10.6 Å². The van der Waals surface area contributed by atoms with Crippen LogP contribution in [0.1, 0.15) is 12.0 Å². The molecule has 36 heavy (non-hydrogen) atoms. The van der Waals surface area contributed by atoms with Crippen molar-refractivity contribution in [3.05, 3.63) is 84.4 Å². The van der Waals surface area contributed by atoms with Crippen molar-refractivity contribution in [2.75, 3.05) is 12.9 Å². The van der Waals surface area contributed by atoms with Crippen molar-refractivity contribution in [2.24, 2.45) is 0 Å². The molecule has 0 saturated heterocycles. The fraction of sp³-hybridized carbons (Fsp3) is 0.240. The molecule has 0 aliphatic rings. The molecular formula is C25H27NO8S2. The second kappa shape index (κ2) is 11.7. The Morgan fingerprint density at radius 1 is 0.889 bits per heavy atom. The molecule has 3 N–H and O–H groups in total. The molecule has 0 radical (unpaired) electrons. The van der Waals surface area contributed by atoms with E-state index < -0.39 is 50.1 Å². The minimum Gasteiger partial charge on any atom is -0.497 e. The SMILES string of the molecule is COc1ccc(-c2ccc(S(=O)(=O)NC(C[C@@H](O)CS(=O)(=O)Cc3ccccc3)C(=O)O)cc2)cc1. The first kappa shape index (κ1) is 27.3. The van der Waals surface area contributed by atoms with Gasteiger partial charge < -0.3 is 14.9 Å². The molecule has 3 aromatic rings. The summed E-state index contributed by atoms with van der Waals surface area (Å²) in [7, 11) is -6.48. The van der Waals surface area contributed by atoms with Crippen molar-refractivity contribution in [1.29, 1.82) is 0 Å². The predicted octanol–water partition coefficient (Wildman–Crippen LogP) is 2.46. The summed E-state index contributed by atoms with van der Waals surface area (Å²) >= 11 is 0. The van der Waals surface area contributed by atoms with Crippen LogP contribution >= 0.6 is 0 Å². The molecular weight excluding hydrogens is 506 g/mol. The Morgan fingerprint density at radius 3 is 1.97 bits per heavy atom. The van der Waals surface area contributed by atoms with Crippen molar-refractivity contribution in [3.8, 4) is 16.9 Å². The van der Waals surface area contributed by atoms with Gasteiger partial charge in [0.05, 0.1) is 29.6 Å². The van der Waals surface area contributed by atoms with Crippen LogP contribution in [0.15, 0.2) is 83.8 Å². The number of aliphatic hydroxyl groups is 1. The molecule has 0 heterocycles. The van der Waals surface area contributed by atoms with E-state index in [0.717, 1.165) is 11.1 Å². The molecule has 0 aliphatic carbocycles. The van der Waals surface area contributed by atoms with Gasteiger partial charge in [-0.1, -0.05) is 54.6 Å². The number of carbonyl (C=O) groups is 1. The second-order valence-electron chi connectivity index (χ2n) is 8.19. The fourth-order valence-corrected chi connectivity index (χ4v) is 6.33. The first-order chi connectivity index (χ1) is 17.0. The number of sulfonamides is 1. The van der Waals surface area contributed by atoms with E-state index in [0.29, 0.717) is 11.3 Å². The number of methoxy groups -OCH3 is 1. The average Bonchev–Trinajstić information content (AvgIpc) is 2.83. The topological polar surface area (TPSA) is 147 Å². The summed E-state index contributed by atoms with van der Waals surface area (Å²) < 4.78 is 57.6. The highest BCUT2D eigenvalue weighted by Gasteiger charge is 2.29. The second-order valence-corrected chi connectivity index (χ2v) is 12.0. The van der Waals surface area contributed by atoms with Crippen LogP contribution in [0.3, 0.4) is 0 Å². The molecule has 9 nitrogen and oxygen atoms in total. The first-order valence-corrected chi connectivity index (χ1v) is 14.2. The van der Waals surface area contributed by atoms with E-state index in [2.05, 4.69) is 4.72 Å². The largest absolute Gasteiger partial charge is 0.497 e. The highest BCUT2D eigenvalue weighted by atomic mass is 32.2. The monoisotopic (exact) mass is 533 g/mol. The van der Waals surface area contributed by atoms with Gasteiger partial charge in [0.25, 0.3) is 0 Å². The predicted molar refractivity (Wildman–Crippen MR) is 135 cm³/mol. The molecule has 3 rings (SSSR count). The van der Waals surface area contributed by atoms with Crippen LogP contribution in [0.25, 0.3) is 11.1 Å². The van der Waals surface area contributed by atoms with Crippen molar-refractivity contribution in [2.45, 2.75) is 29.2 Å². The third kappa shape index (κ3) is 7.62. The van der Waals surface area contributed by atoms with Gasteiger partial charge in [-0.3, -0.25) is 4.79 Å². The molecule has 0 fully saturated rings. The molecule has 0 bridgehead atoms. The quantitative estimate of drug-likeness (QED) is 0.322. The van der Waals surface area contributed by atoms with Gasteiger partial charge in [-0.25, -0.2) is 16.8 Å². The maximum atomic E-state index is 12.8. The van der Waals surface area contributed by atoms with E-state index in [1.54, 1.807) is 61.7 Å². The van der Waals surface area contributed by atoms with Crippen LogP contribution in [-0.4, -0.2) is 58.0 Å². The maximum Gasteiger partial charge on any atom is 0.321 e. The summed E-state index contributed by atoms with van der Waals surface area (Å²) in [4.78, 5) is 11.5. The van der Waals surface area contributed by atoms with Gasteiger partial charge in [0.1, 0.15) is 11.8 Å². The zero-order valence-corrected chi connectivity index (χ0v) is 21.1. The first-order valence-electron chi connectivity index (χ1n) is 10.9. The Hall–Kier alpha value is -3.25. The Labute approximate surface area is 210 Å². The molecule has 0 aliphatic heterocycles. The van der Waals surface area contributed by atoms with Gasteiger partial charge in [0.2, 0.25) is 10.0 Å². The standard InChI is InChI=1S/C25H27NO8S2/c1-34-22-11-7-19(8-12-22)20-9-13-23(14-10-20)36(32,33)26-24(25(28)29)15-21(27)17-35(30,31)16-18-5-3-2-4-6-18/h2-14,21,24,26-27H,15-17H2,1H3,(H,28,29)/t21-,24?/m1/s1. The van der Waals surface area contributed by atoms with Crippen LogP contribution in [0.2, 0.25) is 0 Å². The van der Waals surface area contributed by atoms with E-state index in [1.165, 1.54) is 12.1 Å². The lowest BCUT2D eigenvalue weighted by Gasteiger charge is -2.18. The molecule has 192 valence electrons. The number of aliphatic hydroxyl groups excluding tert-OH is 1. The number of carboxylic acids is 1. The van der Waals surface area contributed by atoms with Crippen molar-refractivity contribution < 1.29 is 36.6 Å². The number of ether oxygens (including phenoxy) is 1. The van der Waals surface area contributed by atoms with Crippen LogP contribution in [-0.2, 0) is 30.4 Å². The normalized spacial score (nSPS) is 13.6. The molecule has 1 unspecified atom stereocenters. The highest BCUT2D eigenvalue weighted by Crippen LogP contribution is 2.24. The van der Waals surface area contributed by atoms with Gasteiger partial charge >= 0.3 is 5.97 Å². The Bertz CT molecular complexity index is 1370. The summed E-state index contributed by atoms with van der Waals surface area (Å²) in [5.41, 5.74) is 2.10. The maximum absolute atomic E-state index is 12.8. The Morgan fingerprint density at radius 2 is 1.44 bits per heavy atom. The molecule has 0 saturated carbocycles. The summed E-state index contributed by atoms with van der Waals surface area (Å²) in [6.45, 7) is 0. The van der Waals surface area contributed by atoms with E-state index in [9.17, 15) is 31.8 Å². The molecule has 2 atom stereocenters. The number of aliphatic carboxylic acids is 1. The van der Waals surface area contributed by atoms with Gasteiger partial charge in [0, 0.05) is 6.42 Å². The lowest BCUT2D eigenvalue weighted by molar-refractivity contribution is -0.139. The van der Waals surface area contributed by atoms with E-state index in [4.69, 9.17) is 4.74 Å². The zero-order chi connectivity index (χ0) is 26.3. The molecule has 3 aromatic carbocycles. The van der Waals surface area contributed by atoms with Crippen LogP contribution in [0.5, 0.6) is 5.75 Å². The number of sulfone groups is 1. The zero-order valence-electron chi connectivity index (χ0n) is 19.4. The lowest BCUT2D eigenvalue weighted by Crippen LogP contribution is -2.43. The molecule has 11 heteroatoms. The summed E-state index contributed by atoms with van der Waals surface area (Å²) in [6, 6.07) is 19.6. The average molecular weight is 534 g/mol. The fourth-order valence-electron chi connectivity index (χ4n) is 3.59. The van der Waals surface area contributed by atoms with Gasteiger partial charge in [-0.05, 0) is 41.0 Å². The molecule has 0 spiro atoms. The third-order valence-corrected chi connectivity index (χ3v) is 8.52. The smallest absolute Gasteiger partial charge is 0.321 e. The number of carboxylic acid groups (broad SMARTS) is 1. The van der Waals surface area contributed by atoms with Gasteiger partial charge in [-0.2, -0.15) is 4.72 Å². The van der Waals surface area contributed by atoms with Crippen molar-refractivity contribution >= 4 is 25.8 Å². The van der Waals surface area contributed by atoms with Crippen LogP contribution in [0, 0.1) is 0 Å².